The molecule has 1 aromatic carbocycles. The Labute approximate surface area is 176 Å². The Morgan fingerprint density at radius 1 is 1.21 bits per heavy atom. The number of amides is 1. The molecule has 1 atom stereocenters. The fourth-order valence-corrected chi connectivity index (χ4v) is 4.77. The van der Waals surface area contributed by atoms with Crippen molar-refractivity contribution in [2.45, 2.75) is 25.4 Å². The number of aryl methyl sites for hydroxylation is 1. The van der Waals surface area contributed by atoms with Gasteiger partial charge in [0.1, 0.15) is 5.75 Å². The molecule has 4 rings (SSSR count). The van der Waals surface area contributed by atoms with Crippen LogP contribution >= 0.6 is 11.3 Å². The van der Waals surface area contributed by atoms with Gasteiger partial charge in [0.15, 0.2) is 0 Å². The van der Waals surface area contributed by atoms with Crippen LogP contribution in [0.15, 0.2) is 60.1 Å². The van der Waals surface area contributed by atoms with E-state index in [1.807, 2.05) is 35.2 Å². The van der Waals surface area contributed by atoms with Crippen LogP contribution in [0.2, 0.25) is 0 Å². The van der Waals surface area contributed by atoms with E-state index in [0.29, 0.717) is 19.1 Å². The van der Waals surface area contributed by atoms with E-state index in [-0.39, 0.29) is 5.91 Å². The van der Waals surface area contributed by atoms with Crippen molar-refractivity contribution in [1.29, 1.82) is 0 Å². The minimum absolute atomic E-state index is 0.129. The van der Waals surface area contributed by atoms with Gasteiger partial charge in [0, 0.05) is 29.5 Å². The molecule has 1 saturated heterocycles. The van der Waals surface area contributed by atoms with E-state index in [4.69, 9.17) is 4.74 Å². The van der Waals surface area contributed by atoms with E-state index in [0.717, 1.165) is 30.8 Å². The molecule has 5 nitrogen and oxygen atoms in total. The third-order valence-electron chi connectivity index (χ3n) is 5.61. The first-order chi connectivity index (χ1) is 14.2. The summed E-state index contributed by atoms with van der Waals surface area (Å²) in [4.78, 5) is 18.8. The molecule has 0 N–H and O–H groups in total. The van der Waals surface area contributed by atoms with Crippen molar-refractivity contribution in [3.63, 3.8) is 0 Å². The molecule has 3 aromatic rings. The molecule has 1 aliphatic rings. The van der Waals surface area contributed by atoms with Gasteiger partial charge in [-0.05, 0) is 67.2 Å². The molecule has 1 amide bonds. The average Bonchev–Trinajstić information content (AvgIpc) is 3.48. The SMILES string of the molecule is COc1ccc(N(Cc2cccs2)C(=O)CN2CCC[C@H]2c2cccn2C)cc1. The Hall–Kier alpha value is -2.57. The second-order valence-corrected chi connectivity index (χ2v) is 8.46. The standard InChI is InChI=1S/C23H27N3O2S/c1-24-13-3-7-21(24)22-8-4-14-25(22)17-23(27)26(16-20-6-5-15-29-20)18-9-11-19(28-2)12-10-18/h3,5-7,9-13,15,22H,4,8,14,16-17H2,1-2H3/t22-/m0/s1. The third-order valence-corrected chi connectivity index (χ3v) is 6.47. The zero-order valence-corrected chi connectivity index (χ0v) is 17.8. The number of methoxy groups -OCH3 is 1. The molecule has 0 bridgehead atoms. The molecular formula is C23H27N3O2S. The van der Waals surface area contributed by atoms with E-state index >= 15 is 0 Å². The lowest BCUT2D eigenvalue weighted by molar-refractivity contribution is -0.120. The van der Waals surface area contributed by atoms with E-state index in [1.54, 1.807) is 18.4 Å². The number of aromatic nitrogens is 1. The van der Waals surface area contributed by atoms with Crippen LogP contribution in [-0.4, -0.2) is 35.6 Å². The topological polar surface area (TPSA) is 37.7 Å². The number of carbonyl (C=O) groups is 1. The number of hydrogen-bond donors (Lipinski definition) is 0. The number of anilines is 1. The normalized spacial score (nSPS) is 16.8. The highest BCUT2D eigenvalue weighted by molar-refractivity contribution is 7.09. The van der Waals surface area contributed by atoms with Gasteiger partial charge in [0.05, 0.1) is 26.2 Å². The Morgan fingerprint density at radius 2 is 2.03 bits per heavy atom. The Bertz CT molecular complexity index is 933. The summed E-state index contributed by atoms with van der Waals surface area (Å²) in [5.41, 5.74) is 2.18. The predicted octanol–water partition coefficient (Wildman–Crippen LogP) is 4.47. The summed E-state index contributed by atoms with van der Waals surface area (Å²) in [6.45, 7) is 1.97. The van der Waals surface area contributed by atoms with Crippen LogP contribution in [0.3, 0.4) is 0 Å². The number of likely N-dealkylation sites (tertiary alicyclic amines) is 1. The number of carbonyl (C=O) groups excluding carboxylic acids is 1. The summed E-state index contributed by atoms with van der Waals surface area (Å²) < 4.78 is 7.44. The van der Waals surface area contributed by atoms with Crippen molar-refractivity contribution in [1.82, 2.24) is 9.47 Å². The lowest BCUT2D eigenvalue weighted by Crippen LogP contribution is -2.40. The fourth-order valence-electron chi connectivity index (χ4n) is 4.07. The highest BCUT2D eigenvalue weighted by atomic mass is 32.1. The molecule has 152 valence electrons. The molecule has 1 aliphatic heterocycles. The van der Waals surface area contributed by atoms with Crippen LogP contribution < -0.4 is 9.64 Å². The molecule has 3 heterocycles. The highest BCUT2D eigenvalue weighted by Gasteiger charge is 2.30. The van der Waals surface area contributed by atoms with Crippen molar-refractivity contribution in [2.24, 2.45) is 7.05 Å². The first-order valence-corrected chi connectivity index (χ1v) is 10.9. The molecule has 0 saturated carbocycles. The second-order valence-electron chi connectivity index (χ2n) is 7.43. The number of ether oxygens (including phenoxy) is 1. The molecule has 29 heavy (non-hydrogen) atoms. The van der Waals surface area contributed by atoms with Crippen molar-refractivity contribution in [3.05, 3.63) is 70.7 Å². The van der Waals surface area contributed by atoms with E-state index in [1.165, 1.54) is 10.6 Å². The van der Waals surface area contributed by atoms with Gasteiger partial charge >= 0.3 is 0 Å². The average molecular weight is 410 g/mol. The van der Waals surface area contributed by atoms with E-state index < -0.39 is 0 Å². The zero-order valence-electron chi connectivity index (χ0n) is 17.0. The molecule has 0 radical (unpaired) electrons. The van der Waals surface area contributed by atoms with Crippen molar-refractivity contribution < 1.29 is 9.53 Å². The van der Waals surface area contributed by atoms with Crippen LogP contribution in [0.4, 0.5) is 5.69 Å². The summed E-state index contributed by atoms with van der Waals surface area (Å²) in [6, 6.07) is 16.4. The number of thiophene rings is 1. The summed E-state index contributed by atoms with van der Waals surface area (Å²) in [7, 11) is 3.73. The molecule has 1 fully saturated rings. The minimum atomic E-state index is 0.129. The quantitative estimate of drug-likeness (QED) is 0.578. The van der Waals surface area contributed by atoms with Crippen LogP contribution in [-0.2, 0) is 18.4 Å². The van der Waals surface area contributed by atoms with Crippen LogP contribution in [0.1, 0.15) is 29.5 Å². The second kappa shape index (κ2) is 8.84. The Morgan fingerprint density at radius 3 is 2.69 bits per heavy atom. The summed E-state index contributed by atoms with van der Waals surface area (Å²) >= 11 is 1.68. The summed E-state index contributed by atoms with van der Waals surface area (Å²) in [5.74, 6) is 0.922. The fraction of sp³-hybridized carbons (Fsp3) is 0.348. The van der Waals surface area contributed by atoms with Crippen LogP contribution in [0.5, 0.6) is 5.75 Å². The van der Waals surface area contributed by atoms with Gasteiger partial charge in [0.2, 0.25) is 5.91 Å². The van der Waals surface area contributed by atoms with Crippen LogP contribution in [0.25, 0.3) is 0 Å². The van der Waals surface area contributed by atoms with Gasteiger partial charge in [-0.1, -0.05) is 6.07 Å². The van der Waals surface area contributed by atoms with Gasteiger partial charge in [-0.15, -0.1) is 11.3 Å². The van der Waals surface area contributed by atoms with Gasteiger partial charge in [-0.2, -0.15) is 0 Å². The maximum Gasteiger partial charge on any atom is 0.241 e. The first-order valence-electron chi connectivity index (χ1n) is 9.98. The Balaban J connectivity index is 1.54. The number of benzene rings is 1. The molecule has 0 spiro atoms. The zero-order chi connectivity index (χ0) is 20.2. The summed E-state index contributed by atoms with van der Waals surface area (Å²) in [5, 5.41) is 2.05. The molecular weight excluding hydrogens is 382 g/mol. The van der Waals surface area contributed by atoms with Gasteiger partial charge in [0.25, 0.3) is 0 Å². The minimum Gasteiger partial charge on any atom is -0.497 e. The molecule has 0 aliphatic carbocycles. The van der Waals surface area contributed by atoms with Crippen LogP contribution in [0, 0.1) is 0 Å². The van der Waals surface area contributed by atoms with Crippen molar-refractivity contribution in [2.75, 3.05) is 25.1 Å². The van der Waals surface area contributed by atoms with Gasteiger partial charge in [-0.25, -0.2) is 0 Å². The third kappa shape index (κ3) is 4.38. The lowest BCUT2D eigenvalue weighted by Gasteiger charge is -2.29. The van der Waals surface area contributed by atoms with Crippen molar-refractivity contribution in [3.8, 4) is 5.75 Å². The molecule has 0 unspecified atom stereocenters. The number of hydrogen-bond acceptors (Lipinski definition) is 4. The number of nitrogens with zero attached hydrogens (tertiary/aromatic N) is 3. The highest BCUT2D eigenvalue weighted by Crippen LogP contribution is 2.32. The van der Waals surface area contributed by atoms with Gasteiger partial charge in [-0.3, -0.25) is 9.69 Å². The first kappa shape index (κ1) is 19.7. The monoisotopic (exact) mass is 409 g/mol. The summed E-state index contributed by atoms with van der Waals surface area (Å²) in [6.07, 6.45) is 4.29. The van der Waals surface area contributed by atoms with E-state index in [9.17, 15) is 4.79 Å². The van der Waals surface area contributed by atoms with E-state index in [2.05, 4.69) is 46.3 Å². The maximum absolute atomic E-state index is 13.4. The smallest absolute Gasteiger partial charge is 0.241 e. The number of rotatable bonds is 7. The Kier molecular flexibility index (Phi) is 6.02. The molecule has 2 aromatic heterocycles. The van der Waals surface area contributed by atoms with Crippen molar-refractivity contribution >= 4 is 22.9 Å². The lowest BCUT2D eigenvalue weighted by atomic mass is 10.1. The molecule has 6 heteroatoms. The largest absolute Gasteiger partial charge is 0.497 e. The predicted molar refractivity (Wildman–Crippen MR) is 117 cm³/mol. The van der Waals surface area contributed by atoms with Gasteiger partial charge < -0.3 is 14.2 Å². The maximum atomic E-state index is 13.4.